The van der Waals surface area contributed by atoms with Crippen LogP contribution in [-0.2, 0) is 9.59 Å². The van der Waals surface area contributed by atoms with Gasteiger partial charge in [0.2, 0.25) is 0 Å². The average Bonchev–Trinajstić information content (AvgIpc) is 3.37. The van der Waals surface area contributed by atoms with Gasteiger partial charge in [0, 0.05) is 16.5 Å². The Kier molecular flexibility index (Phi) is 7.26. The Labute approximate surface area is 253 Å². The quantitative estimate of drug-likeness (QED) is 0.118. The molecule has 1 aliphatic rings. The normalized spacial score (nSPS) is 13.8. The van der Waals surface area contributed by atoms with Gasteiger partial charge in [-0.2, -0.15) is 0 Å². The number of fused-ring (bicyclic) bond motifs is 1. The number of furan rings is 1. The number of nitrogens with zero attached hydrogens (tertiary/aromatic N) is 3. The third-order valence-electron chi connectivity index (χ3n) is 6.87. The van der Waals surface area contributed by atoms with Gasteiger partial charge in [-0.25, -0.2) is 0 Å². The Balaban J connectivity index is 1.41. The standard InChI is InChI=1S/C34H27N3O3S2/c1-20-13-21(2)16-25(15-20)36-32(38)28(33(39)37(34(36)41)26-17-22(3)14-23(4)18-26)19-27-10-11-30(40-27)42-29-9-5-7-24-8-6-12-35-31(24)29/h5-19H,1-4H3. The number of pyridine rings is 1. The lowest BCUT2D eigenvalue weighted by atomic mass is 10.0. The lowest BCUT2D eigenvalue weighted by molar-refractivity contribution is -0.120. The van der Waals surface area contributed by atoms with Gasteiger partial charge in [0.1, 0.15) is 11.3 Å². The Bertz CT molecular complexity index is 1820. The second-order valence-electron chi connectivity index (χ2n) is 10.4. The Morgan fingerprint density at radius 1 is 0.762 bits per heavy atom. The van der Waals surface area contributed by atoms with Crippen LogP contribution in [0.1, 0.15) is 28.0 Å². The van der Waals surface area contributed by atoms with Crippen LogP contribution >= 0.6 is 24.0 Å². The van der Waals surface area contributed by atoms with Crippen molar-refractivity contribution in [2.75, 3.05) is 9.80 Å². The van der Waals surface area contributed by atoms with Gasteiger partial charge >= 0.3 is 0 Å². The van der Waals surface area contributed by atoms with Crippen LogP contribution in [0.5, 0.6) is 0 Å². The summed E-state index contributed by atoms with van der Waals surface area (Å²) >= 11 is 7.26. The van der Waals surface area contributed by atoms with Crippen molar-refractivity contribution in [2.45, 2.75) is 37.7 Å². The van der Waals surface area contributed by atoms with E-state index in [0.29, 0.717) is 22.2 Å². The van der Waals surface area contributed by atoms with E-state index in [0.717, 1.165) is 38.1 Å². The van der Waals surface area contributed by atoms with E-state index in [9.17, 15) is 9.59 Å². The zero-order valence-corrected chi connectivity index (χ0v) is 25.2. The summed E-state index contributed by atoms with van der Waals surface area (Å²) in [5.41, 5.74) is 5.98. The van der Waals surface area contributed by atoms with Crippen molar-refractivity contribution in [3.63, 3.8) is 0 Å². The number of amides is 2. The molecule has 8 heteroatoms. The second-order valence-corrected chi connectivity index (χ2v) is 11.8. The molecule has 208 valence electrons. The molecule has 0 unspecified atom stereocenters. The van der Waals surface area contributed by atoms with E-state index in [2.05, 4.69) is 4.98 Å². The van der Waals surface area contributed by atoms with E-state index >= 15 is 0 Å². The SMILES string of the molecule is Cc1cc(C)cc(N2C(=O)C(=Cc3ccc(Sc4cccc5cccnc45)o3)C(=O)N(c3cc(C)cc(C)c3)C2=S)c1. The zero-order chi connectivity index (χ0) is 29.5. The molecule has 0 N–H and O–H groups in total. The van der Waals surface area contributed by atoms with Crippen LogP contribution in [0.3, 0.4) is 0 Å². The fraction of sp³-hybridized carbons (Fsp3) is 0.118. The van der Waals surface area contributed by atoms with Crippen molar-refractivity contribution >= 4 is 69.3 Å². The minimum absolute atomic E-state index is 0.0420. The highest BCUT2D eigenvalue weighted by atomic mass is 32.2. The van der Waals surface area contributed by atoms with Crippen molar-refractivity contribution in [1.82, 2.24) is 4.98 Å². The lowest BCUT2D eigenvalue weighted by Gasteiger charge is -2.37. The molecule has 6 nitrogen and oxygen atoms in total. The maximum absolute atomic E-state index is 14.0. The predicted molar refractivity (Wildman–Crippen MR) is 172 cm³/mol. The number of aryl methyl sites for hydroxylation is 4. The fourth-order valence-corrected chi connectivity index (χ4v) is 6.50. The van der Waals surface area contributed by atoms with Crippen molar-refractivity contribution in [2.24, 2.45) is 0 Å². The molecule has 0 spiro atoms. The number of thiocarbonyl (C=S) groups is 1. The highest BCUT2D eigenvalue weighted by molar-refractivity contribution is 7.99. The number of aromatic nitrogens is 1. The van der Waals surface area contributed by atoms with Gasteiger partial charge in [0.25, 0.3) is 11.8 Å². The summed E-state index contributed by atoms with van der Waals surface area (Å²) < 4.78 is 6.11. The number of anilines is 2. The Morgan fingerprint density at radius 3 is 1.93 bits per heavy atom. The van der Waals surface area contributed by atoms with Crippen LogP contribution in [0.4, 0.5) is 11.4 Å². The summed E-state index contributed by atoms with van der Waals surface area (Å²) in [5, 5.41) is 1.75. The smallest absolute Gasteiger partial charge is 0.270 e. The van der Waals surface area contributed by atoms with Gasteiger partial charge in [0.15, 0.2) is 10.2 Å². The van der Waals surface area contributed by atoms with Crippen LogP contribution in [0, 0.1) is 27.7 Å². The molecule has 0 radical (unpaired) electrons. The molecule has 1 aliphatic heterocycles. The number of rotatable bonds is 5. The van der Waals surface area contributed by atoms with Gasteiger partial charge in [-0.05, 0) is 129 Å². The first kappa shape index (κ1) is 27.6. The third-order valence-corrected chi connectivity index (χ3v) is 8.21. The molecule has 5 aromatic rings. The van der Waals surface area contributed by atoms with E-state index in [-0.39, 0.29) is 10.7 Å². The molecule has 6 rings (SSSR count). The molecule has 0 bridgehead atoms. The van der Waals surface area contributed by atoms with Gasteiger partial charge in [-0.15, -0.1) is 0 Å². The molecule has 1 saturated heterocycles. The number of carbonyl (C=O) groups is 2. The Morgan fingerprint density at radius 2 is 1.33 bits per heavy atom. The highest BCUT2D eigenvalue weighted by Gasteiger charge is 2.41. The molecule has 3 aromatic carbocycles. The zero-order valence-electron chi connectivity index (χ0n) is 23.5. The number of carbonyl (C=O) groups excluding carboxylic acids is 2. The highest BCUT2D eigenvalue weighted by Crippen LogP contribution is 2.35. The van der Waals surface area contributed by atoms with Gasteiger partial charge < -0.3 is 4.42 Å². The summed E-state index contributed by atoms with van der Waals surface area (Å²) in [7, 11) is 0. The van der Waals surface area contributed by atoms with Crippen LogP contribution in [0.15, 0.2) is 105 Å². The van der Waals surface area contributed by atoms with E-state index in [4.69, 9.17) is 16.6 Å². The fourth-order valence-electron chi connectivity index (χ4n) is 5.22. The number of hydrogen-bond donors (Lipinski definition) is 0. The number of para-hydroxylation sites is 1. The molecule has 3 heterocycles. The average molecular weight is 590 g/mol. The van der Waals surface area contributed by atoms with Gasteiger partial charge in [-0.3, -0.25) is 24.4 Å². The minimum atomic E-state index is -0.500. The molecular formula is C34H27N3O3S2. The van der Waals surface area contributed by atoms with Crippen molar-refractivity contribution in [3.8, 4) is 0 Å². The summed E-state index contributed by atoms with van der Waals surface area (Å²) in [6.45, 7) is 7.85. The third kappa shape index (κ3) is 5.26. The first-order valence-corrected chi connectivity index (χ1v) is 14.6. The van der Waals surface area contributed by atoms with Crippen molar-refractivity contribution in [3.05, 3.63) is 119 Å². The van der Waals surface area contributed by atoms with Crippen LogP contribution in [0.25, 0.3) is 17.0 Å². The van der Waals surface area contributed by atoms with E-state index in [1.165, 1.54) is 27.6 Å². The van der Waals surface area contributed by atoms with Crippen molar-refractivity contribution < 1.29 is 14.0 Å². The maximum Gasteiger partial charge on any atom is 0.270 e. The first-order chi connectivity index (χ1) is 20.2. The maximum atomic E-state index is 14.0. The molecule has 0 aliphatic carbocycles. The topological polar surface area (TPSA) is 66.7 Å². The van der Waals surface area contributed by atoms with E-state index in [1.807, 2.05) is 100 Å². The largest absolute Gasteiger partial charge is 0.450 e. The molecular weight excluding hydrogens is 563 g/mol. The lowest BCUT2D eigenvalue weighted by Crippen LogP contribution is -2.57. The van der Waals surface area contributed by atoms with Crippen molar-refractivity contribution in [1.29, 1.82) is 0 Å². The summed E-state index contributed by atoms with van der Waals surface area (Å²) in [6.07, 6.45) is 3.27. The number of hydrogen-bond acceptors (Lipinski definition) is 6. The molecule has 0 atom stereocenters. The molecule has 0 saturated carbocycles. The number of benzene rings is 3. The predicted octanol–water partition coefficient (Wildman–Crippen LogP) is 7.96. The second kappa shape index (κ2) is 11.0. The monoisotopic (exact) mass is 589 g/mol. The summed E-state index contributed by atoms with van der Waals surface area (Å²) in [6, 6.07) is 25.1. The van der Waals surface area contributed by atoms with Gasteiger partial charge in [-0.1, -0.05) is 30.3 Å². The van der Waals surface area contributed by atoms with Gasteiger partial charge in [0.05, 0.1) is 16.9 Å². The molecule has 1 fully saturated rings. The van der Waals surface area contributed by atoms with Crippen LogP contribution < -0.4 is 9.80 Å². The van der Waals surface area contributed by atoms with Crippen LogP contribution in [0.2, 0.25) is 0 Å². The first-order valence-electron chi connectivity index (χ1n) is 13.4. The van der Waals surface area contributed by atoms with E-state index < -0.39 is 11.8 Å². The van der Waals surface area contributed by atoms with Crippen LogP contribution in [-0.4, -0.2) is 21.9 Å². The minimum Gasteiger partial charge on any atom is -0.450 e. The van der Waals surface area contributed by atoms with E-state index in [1.54, 1.807) is 12.3 Å². The summed E-state index contributed by atoms with van der Waals surface area (Å²) in [5.74, 6) is -0.616. The summed E-state index contributed by atoms with van der Waals surface area (Å²) in [4.78, 5) is 36.3. The Hall–Kier alpha value is -4.53. The molecule has 2 amide bonds. The molecule has 42 heavy (non-hydrogen) atoms. The molecule has 2 aromatic heterocycles.